The van der Waals surface area contributed by atoms with Gasteiger partial charge in [0.25, 0.3) is 0 Å². The predicted octanol–water partition coefficient (Wildman–Crippen LogP) is 13.6. The lowest BCUT2D eigenvalue weighted by molar-refractivity contribution is -0.161. The van der Waals surface area contributed by atoms with Gasteiger partial charge in [-0.3, -0.25) is 18.6 Å². The van der Waals surface area contributed by atoms with Crippen LogP contribution in [0.5, 0.6) is 0 Å². The summed E-state index contributed by atoms with van der Waals surface area (Å²) in [6, 6.07) is 0. The summed E-state index contributed by atoms with van der Waals surface area (Å²) in [5.41, 5.74) is 0. The average molecular weight is 861 g/mol. The van der Waals surface area contributed by atoms with Gasteiger partial charge in [-0.25, -0.2) is 4.57 Å². The van der Waals surface area contributed by atoms with Crippen LogP contribution in [0.3, 0.4) is 0 Å². The van der Waals surface area contributed by atoms with Gasteiger partial charge < -0.3 is 24.6 Å². The van der Waals surface area contributed by atoms with Crippen molar-refractivity contribution < 1.29 is 47.8 Å². The first-order valence-corrected chi connectivity index (χ1v) is 26.1. The maximum atomic E-state index is 12.6. The van der Waals surface area contributed by atoms with Gasteiger partial charge in [0, 0.05) is 12.8 Å². The zero-order valence-electron chi connectivity index (χ0n) is 38.2. The van der Waals surface area contributed by atoms with Gasteiger partial charge in [-0.15, -0.1) is 0 Å². The van der Waals surface area contributed by atoms with Gasteiger partial charge in [-0.2, -0.15) is 0 Å². The number of hydrogen-bond donors (Lipinski definition) is 3. The highest BCUT2D eigenvalue weighted by Crippen LogP contribution is 2.43. The number of aliphatic hydroxyl groups is 2. The molecular formula is C48H93O10P. The molecule has 11 heteroatoms. The van der Waals surface area contributed by atoms with E-state index in [0.29, 0.717) is 12.8 Å². The van der Waals surface area contributed by atoms with Crippen LogP contribution in [0.4, 0.5) is 0 Å². The number of carbonyl (C=O) groups excluding carboxylic acids is 2. The fourth-order valence-corrected chi connectivity index (χ4v) is 7.90. The molecule has 3 N–H and O–H groups in total. The Hall–Kier alpha value is -1.29. The van der Waals surface area contributed by atoms with Gasteiger partial charge in [0.2, 0.25) is 0 Å². The van der Waals surface area contributed by atoms with Crippen molar-refractivity contribution in [1.82, 2.24) is 0 Å². The van der Waals surface area contributed by atoms with Crippen LogP contribution in [0, 0.1) is 0 Å². The summed E-state index contributed by atoms with van der Waals surface area (Å²) < 4.78 is 32.8. The molecule has 0 spiro atoms. The minimum absolute atomic E-state index is 0.184. The summed E-state index contributed by atoms with van der Waals surface area (Å²) in [6.07, 6.45) is 44.6. The van der Waals surface area contributed by atoms with E-state index in [0.717, 1.165) is 38.5 Å². The van der Waals surface area contributed by atoms with Crippen LogP contribution in [0.25, 0.3) is 0 Å². The first-order valence-electron chi connectivity index (χ1n) is 24.6. The molecule has 0 heterocycles. The number of allylic oxidation sites excluding steroid dienone is 2. The zero-order valence-corrected chi connectivity index (χ0v) is 39.1. The molecule has 3 atom stereocenters. The quantitative estimate of drug-likeness (QED) is 0.0234. The molecule has 0 aliphatic rings. The summed E-state index contributed by atoms with van der Waals surface area (Å²) in [7, 11) is -4.62. The molecule has 0 aromatic rings. The lowest BCUT2D eigenvalue weighted by Crippen LogP contribution is -2.29. The Labute approximate surface area is 362 Å². The van der Waals surface area contributed by atoms with Crippen molar-refractivity contribution in [3.05, 3.63) is 12.2 Å². The summed E-state index contributed by atoms with van der Waals surface area (Å²) in [5, 5.41) is 18.4. The third-order valence-electron chi connectivity index (χ3n) is 10.9. The van der Waals surface area contributed by atoms with Crippen molar-refractivity contribution >= 4 is 19.8 Å². The molecule has 0 rings (SSSR count). The molecule has 0 saturated heterocycles. The third-order valence-corrected chi connectivity index (χ3v) is 11.9. The Balaban J connectivity index is 4.18. The fraction of sp³-hybridized carbons (Fsp3) is 0.917. The fourth-order valence-electron chi connectivity index (χ4n) is 7.11. The van der Waals surface area contributed by atoms with E-state index in [1.807, 2.05) is 0 Å². The largest absolute Gasteiger partial charge is 0.472 e. The molecule has 0 bridgehead atoms. The number of unbranched alkanes of at least 4 members (excludes halogenated alkanes) is 31. The van der Waals surface area contributed by atoms with Crippen molar-refractivity contribution in [2.75, 3.05) is 26.4 Å². The van der Waals surface area contributed by atoms with Crippen LogP contribution < -0.4 is 0 Å². The van der Waals surface area contributed by atoms with Gasteiger partial charge >= 0.3 is 19.8 Å². The Bertz CT molecular complexity index is 993. The predicted molar refractivity (Wildman–Crippen MR) is 242 cm³/mol. The van der Waals surface area contributed by atoms with E-state index in [1.165, 1.54) is 167 Å². The molecule has 350 valence electrons. The normalized spacial score (nSPS) is 13.8. The van der Waals surface area contributed by atoms with Crippen LogP contribution in [-0.4, -0.2) is 65.7 Å². The molecule has 0 amide bonds. The standard InChI is InChI=1S/C48H93O10P/c1-3-5-7-9-11-13-15-17-19-21-22-24-25-27-29-31-33-35-37-39-47(51)55-43-46(44-57-59(53,54)56-42-45(50)41-49)58-48(52)40-38-36-34-32-30-28-26-23-20-18-16-14-12-10-8-6-4-2/h18,20,45-46,49-50H,3-17,19,21-44H2,1-2H3,(H,53,54)/b20-18-. The number of ether oxygens (including phenoxy) is 2. The van der Waals surface area contributed by atoms with Gasteiger partial charge in [0.15, 0.2) is 6.10 Å². The smallest absolute Gasteiger partial charge is 0.462 e. The molecule has 10 nitrogen and oxygen atoms in total. The van der Waals surface area contributed by atoms with Crippen molar-refractivity contribution in [3.63, 3.8) is 0 Å². The highest BCUT2D eigenvalue weighted by Gasteiger charge is 2.27. The monoisotopic (exact) mass is 861 g/mol. The van der Waals surface area contributed by atoms with Crippen LogP contribution in [-0.2, 0) is 32.7 Å². The van der Waals surface area contributed by atoms with E-state index in [4.69, 9.17) is 23.6 Å². The van der Waals surface area contributed by atoms with Gasteiger partial charge in [0.1, 0.15) is 12.7 Å². The number of hydrogen-bond acceptors (Lipinski definition) is 9. The van der Waals surface area contributed by atoms with E-state index < -0.39 is 51.8 Å². The van der Waals surface area contributed by atoms with Crippen LogP contribution >= 0.6 is 7.82 Å². The second kappa shape index (κ2) is 44.8. The number of phosphoric acid groups is 1. The number of phosphoric ester groups is 1. The molecule has 0 aromatic carbocycles. The SMILES string of the molecule is CCCCCCCC/C=C\CCCCCCCCCC(=O)OC(COC(=O)CCCCCCCCCCCCCCCCCCCCC)COP(=O)(O)OCC(O)CO. The summed E-state index contributed by atoms with van der Waals surface area (Å²) in [5.74, 6) is -0.915. The Morgan fingerprint density at radius 1 is 0.492 bits per heavy atom. The molecule has 0 aliphatic heterocycles. The van der Waals surface area contributed by atoms with Crippen LogP contribution in [0.15, 0.2) is 12.2 Å². The van der Waals surface area contributed by atoms with Crippen LogP contribution in [0.1, 0.15) is 245 Å². The topological polar surface area (TPSA) is 149 Å². The average Bonchev–Trinajstić information content (AvgIpc) is 3.22. The van der Waals surface area contributed by atoms with Crippen molar-refractivity contribution in [1.29, 1.82) is 0 Å². The van der Waals surface area contributed by atoms with E-state index >= 15 is 0 Å². The van der Waals surface area contributed by atoms with Crippen molar-refractivity contribution in [3.8, 4) is 0 Å². The highest BCUT2D eigenvalue weighted by molar-refractivity contribution is 7.47. The first-order chi connectivity index (χ1) is 28.7. The molecular weight excluding hydrogens is 767 g/mol. The highest BCUT2D eigenvalue weighted by atomic mass is 31.2. The van der Waals surface area contributed by atoms with Gasteiger partial charge in [-0.05, 0) is 38.5 Å². The first kappa shape index (κ1) is 57.7. The molecule has 59 heavy (non-hydrogen) atoms. The molecule has 0 radical (unpaired) electrons. The van der Waals surface area contributed by atoms with E-state index in [9.17, 15) is 24.2 Å². The lowest BCUT2D eigenvalue weighted by Gasteiger charge is -2.20. The molecule has 0 fully saturated rings. The van der Waals surface area contributed by atoms with Gasteiger partial charge in [0.05, 0.1) is 19.8 Å². The number of rotatable bonds is 47. The molecule has 0 saturated carbocycles. The number of carbonyl (C=O) groups is 2. The maximum absolute atomic E-state index is 12.6. The Morgan fingerprint density at radius 2 is 0.831 bits per heavy atom. The summed E-state index contributed by atoms with van der Waals surface area (Å²) in [6.45, 7) is 2.42. The lowest BCUT2D eigenvalue weighted by atomic mass is 10.0. The summed E-state index contributed by atoms with van der Waals surface area (Å²) in [4.78, 5) is 35.1. The van der Waals surface area contributed by atoms with Crippen molar-refractivity contribution in [2.24, 2.45) is 0 Å². The Morgan fingerprint density at radius 3 is 1.22 bits per heavy atom. The number of aliphatic hydroxyl groups excluding tert-OH is 2. The van der Waals surface area contributed by atoms with E-state index in [2.05, 4.69) is 26.0 Å². The zero-order chi connectivity index (χ0) is 43.3. The number of esters is 2. The van der Waals surface area contributed by atoms with Crippen LogP contribution in [0.2, 0.25) is 0 Å². The minimum Gasteiger partial charge on any atom is -0.462 e. The Kier molecular flexibility index (Phi) is 43.8. The minimum atomic E-state index is -4.62. The molecule has 0 aliphatic carbocycles. The second-order valence-corrected chi connectivity index (χ2v) is 18.3. The summed E-state index contributed by atoms with van der Waals surface area (Å²) >= 11 is 0. The van der Waals surface area contributed by atoms with E-state index in [1.54, 1.807) is 0 Å². The van der Waals surface area contributed by atoms with Gasteiger partial charge in [-0.1, -0.05) is 206 Å². The molecule has 3 unspecified atom stereocenters. The third kappa shape index (κ3) is 44.6. The van der Waals surface area contributed by atoms with Crippen molar-refractivity contribution in [2.45, 2.75) is 257 Å². The van der Waals surface area contributed by atoms with E-state index in [-0.39, 0.29) is 19.4 Å². The molecule has 0 aromatic heterocycles. The second-order valence-electron chi connectivity index (χ2n) is 16.8. The maximum Gasteiger partial charge on any atom is 0.472 e.